The molecule has 0 spiro atoms. The summed E-state index contributed by atoms with van der Waals surface area (Å²) < 4.78 is 2.39. The fourth-order valence-corrected chi connectivity index (χ4v) is 8.09. The lowest BCUT2D eigenvalue weighted by Gasteiger charge is -2.57. The Labute approximate surface area is 181 Å². The molecule has 31 heavy (non-hydrogen) atoms. The summed E-state index contributed by atoms with van der Waals surface area (Å²) in [5.74, 6) is 2.79. The van der Waals surface area contributed by atoms with Crippen LogP contribution in [0.3, 0.4) is 0 Å². The van der Waals surface area contributed by atoms with E-state index in [4.69, 9.17) is 9.97 Å². The van der Waals surface area contributed by atoms with E-state index in [0.29, 0.717) is 5.41 Å². The summed E-state index contributed by atoms with van der Waals surface area (Å²) in [5.41, 5.74) is 7.57. The van der Waals surface area contributed by atoms with E-state index < -0.39 is 0 Å². The van der Waals surface area contributed by atoms with Crippen molar-refractivity contribution in [3.63, 3.8) is 0 Å². The lowest BCUT2D eigenvalue weighted by Crippen LogP contribution is -2.48. The molecule has 0 saturated heterocycles. The number of para-hydroxylation sites is 2. The molecule has 9 rings (SSSR count). The highest BCUT2D eigenvalue weighted by atomic mass is 15.0. The fourth-order valence-electron chi connectivity index (χ4n) is 8.09. The largest absolute Gasteiger partial charge is 0.292 e. The molecule has 3 nitrogen and oxygen atoms in total. The van der Waals surface area contributed by atoms with Crippen LogP contribution in [-0.2, 0) is 5.41 Å². The predicted molar refractivity (Wildman–Crippen MR) is 125 cm³/mol. The SMILES string of the molecule is c1ccc2c(c1)nc1c3cccnc3c3c(C45CC6CC(CC(C6)C4)C5)cccc3n21. The zero-order chi connectivity index (χ0) is 20.2. The summed E-state index contributed by atoms with van der Waals surface area (Å²) in [7, 11) is 0. The van der Waals surface area contributed by atoms with Crippen molar-refractivity contribution in [1.29, 1.82) is 0 Å². The van der Waals surface area contributed by atoms with E-state index in [-0.39, 0.29) is 0 Å². The van der Waals surface area contributed by atoms with Crippen LogP contribution in [0.25, 0.3) is 38.5 Å². The molecule has 0 atom stereocenters. The van der Waals surface area contributed by atoms with E-state index in [1.54, 1.807) is 5.56 Å². The maximum Gasteiger partial charge on any atom is 0.147 e. The zero-order valence-corrected chi connectivity index (χ0v) is 17.6. The minimum Gasteiger partial charge on any atom is -0.292 e. The lowest BCUT2D eigenvalue weighted by molar-refractivity contribution is -0.00447. The van der Waals surface area contributed by atoms with Crippen molar-refractivity contribution in [3.05, 3.63) is 66.4 Å². The number of hydrogen-bond acceptors (Lipinski definition) is 2. The van der Waals surface area contributed by atoms with Gasteiger partial charge in [-0.1, -0.05) is 24.3 Å². The average molecular weight is 404 g/mol. The Morgan fingerprint density at radius 2 is 1.52 bits per heavy atom. The van der Waals surface area contributed by atoms with Gasteiger partial charge < -0.3 is 0 Å². The van der Waals surface area contributed by atoms with Gasteiger partial charge in [-0.15, -0.1) is 0 Å². The maximum absolute atomic E-state index is 5.04. The third-order valence-electron chi connectivity index (χ3n) is 8.74. The Bertz CT molecular complexity index is 1490. The summed E-state index contributed by atoms with van der Waals surface area (Å²) in [6.07, 6.45) is 10.5. The topological polar surface area (TPSA) is 30.2 Å². The number of imidazole rings is 1. The van der Waals surface area contributed by atoms with Gasteiger partial charge in [0.2, 0.25) is 0 Å². The molecule has 4 bridgehead atoms. The van der Waals surface area contributed by atoms with Gasteiger partial charge in [-0.2, -0.15) is 0 Å². The Hall–Kier alpha value is -2.94. The summed E-state index contributed by atoms with van der Waals surface area (Å²) in [6, 6.07) is 19.8. The standard InChI is InChI=1S/C28H25N3/c1-2-8-23-22(7-1)30-27-20-5-4-10-29-26(20)25-21(6-3-9-24(25)31(23)27)28-14-17-11-18(15-28)13-19(12-17)16-28/h1-10,17-19H,11-16H2. The van der Waals surface area contributed by atoms with Crippen LogP contribution in [0, 0.1) is 17.8 Å². The van der Waals surface area contributed by atoms with Gasteiger partial charge in [0.05, 0.1) is 22.1 Å². The van der Waals surface area contributed by atoms with Gasteiger partial charge in [0.1, 0.15) is 5.65 Å². The molecule has 0 N–H and O–H groups in total. The highest BCUT2D eigenvalue weighted by Crippen LogP contribution is 2.61. The summed E-state index contributed by atoms with van der Waals surface area (Å²) in [4.78, 5) is 10.0. The molecule has 5 aromatic rings. The van der Waals surface area contributed by atoms with E-state index in [2.05, 4.69) is 59.0 Å². The quantitative estimate of drug-likeness (QED) is 0.293. The van der Waals surface area contributed by atoms with Crippen molar-refractivity contribution in [1.82, 2.24) is 14.4 Å². The van der Waals surface area contributed by atoms with Gasteiger partial charge in [-0.3, -0.25) is 9.38 Å². The second kappa shape index (κ2) is 5.64. The fraction of sp³-hybridized carbons (Fsp3) is 0.357. The first-order valence-corrected chi connectivity index (χ1v) is 11.9. The number of rotatable bonds is 1. The Morgan fingerprint density at radius 1 is 0.774 bits per heavy atom. The van der Waals surface area contributed by atoms with Crippen LogP contribution >= 0.6 is 0 Å². The van der Waals surface area contributed by atoms with Crippen LogP contribution in [0.1, 0.15) is 44.1 Å². The third-order valence-corrected chi connectivity index (χ3v) is 8.74. The average Bonchev–Trinajstić information content (AvgIpc) is 3.18. The first-order chi connectivity index (χ1) is 15.3. The number of aromatic nitrogens is 3. The molecule has 152 valence electrons. The van der Waals surface area contributed by atoms with Crippen molar-refractivity contribution < 1.29 is 0 Å². The predicted octanol–water partition coefficient (Wildman–Crippen LogP) is 6.66. The van der Waals surface area contributed by atoms with Gasteiger partial charge in [-0.05, 0) is 97.6 Å². The summed E-state index contributed by atoms with van der Waals surface area (Å²) in [5, 5.41) is 2.54. The van der Waals surface area contributed by atoms with Crippen LogP contribution < -0.4 is 0 Å². The number of benzene rings is 2. The molecule has 4 fully saturated rings. The molecule has 3 aromatic heterocycles. The van der Waals surface area contributed by atoms with Gasteiger partial charge in [0.15, 0.2) is 0 Å². The molecule has 4 aliphatic carbocycles. The van der Waals surface area contributed by atoms with E-state index in [0.717, 1.165) is 34.4 Å². The van der Waals surface area contributed by atoms with E-state index in [1.165, 1.54) is 60.3 Å². The first-order valence-electron chi connectivity index (χ1n) is 11.9. The molecule has 3 heterocycles. The molecule has 0 aliphatic heterocycles. The monoisotopic (exact) mass is 403 g/mol. The summed E-state index contributed by atoms with van der Waals surface area (Å²) in [6.45, 7) is 0. The van der Waals surface area contributed by atoms with Gasteiger partial charge in [0.25, 0.3) is 0 Å². The molecule has 0 radical (unpaired) electrons. The van der Waals surface area contributed by atoms with Gasteiger partial charge in [0, 0.05) is 17.0 Å². The van der Waals surface area contributed by atoms with Gasteiger partial charge in [-0.25, -0.2) is 4.98 Å². The van der Waals surface area contributed by atoms with E-state index in [1.807, 2.05) is 6.20 Å². The first kappa shape index (κ1) is 16.7. The van der Waals surface area contributed by atoms with Crippen molar-refractivity contribution >= 4 is 38.5 Å². The van der Waals surface area contributed by atoms with Gasteiger partial charge >= 0.3 is 0 Å². The number of pyridine rings is 2. The smallest absolute Gasteiger partial charge is 0.147 e. The van der Waals surface area contributed by atoms with Crippen molar-refractivity contribution in [2.75, 3.05) is 0 Å². The van der Waals surface area contributed by atoms with Crippen LogP contribution in [0.15, 0.2) is 60.8 Å². The Morgan fingerprint density at radius 3 is 2.32 bits per heavy atom. The number of nitrogens with zero attached hydrogens (tertiary/aromatic N) is 3. The van der Waals surface area contributed by atoms with Crippen molar-refractivity contribution in [3.8, 4) is 0 Å². The molecule has 4 saturated carbocycles. The summed E-state index contributed by atoms with van der Waals surface area (Å²) >= 11 is 0. The van der Waals surface area contributed by atoms with Crippen molar-refractivity contribution in [2.45, 2.75) is 43.9 Å². The second-order valence-electron chi connectivity index (χ2n) is 10.6. The number of fused-ring (bicyclic) bond motifs is 8. The highest BCUT2D eigenvalue weighted by molar-refractivity contribution is 6.13. The third kappa shape index (κ3) is 2.10. The van der Waals surface area contributed by atoms with Crippen LogP contribution in [-0.4, -0.2) is 14.4 Å². The van der Waals surface area contributed by atoms with E-state index in [9.17, 15) is 0 Å². The molecule has 0 amide bonds. The minimum atomic E-state index is 0.336. The molecule has 4 aliphatic rings. The maximum atomic E-state index is 5.04. The van der Waals surface area contributed by atoms with Crippen LogP contribution in [0.2, 0.25) is 0 Å². The second-order valence-corrected chi connectivity index (χ2v) is 10.6. The minimum absolute atomic E-state index is 0.336. The molecular weight excluding hydrogens is 378 g/mol. The molecule has 2 aromatic carbocycles. The molecule has 0 unspecified atom stereocenters. The number of hydrogen-bond donors (Lipinski definition) is 0. The Kier molecular flexibility index (Phi) is 3.04. The molecule has 3 heteroatoms. The highest BCUT2D eigenvalue weighted by Gasteiger charge is 2.52. The van der Waals surface area contributed by atoms with Crippen LogP contribution in [0.5, 0.6) is 0 Å². The molecular formula is C28H25N3. The Balaban J connectivity index is 1.56. The van der Waals surface area contributed by atoms with Crippen LogP contribution in [0.4, 0.5) is 0 Å². The normalized spacial score (nSPS) is 29.6. The van der Waals surface area contributed by atoms with E-state index >= 15 is 0 Å². The lowest BCUT2D eigenvalue weighted by atomic mass is 9.48. The zero-order valence-electron chi connectivity index (χ0n) is 17.6. The van der Waals surface area contributed by atoms with Crippen molar-refractivity contribution in [2.24, 2.45) is 17.8 Å².